The van der Waals surface area contributed by atoms with Gasteiger partial charge in [-0.15, -0.1) is 0 Å². The van der Waals surface area contributed by atoms with E-state index in [0.29, 0.717) is 11.3 Å². The Labute approximate surface area is 153 Å². The van der Waals surface area contributed by atoms with Gasteiger partial charge in [-0.25, -0.2) is 0 Å². The van der Waals surface area contributed by atoms with Gasteiger partial charge in [-0.3, -0.25) is 4.98 Å². The number of halogens is 3. The Morgan fingerprint density at radius 3 is 2.07 bits per heavy atom. The predicted molar refractivity (Wildman–Crippen MR) is 93.9 cm³/mol. The fraction of sp³-hybridized carbons (Fsp3) is 0.105. The highest BCUT2D eigenvalue weighted by Crippen LogP contribution is 2.36. The largest absolute Gasteiger partial charge is 0.418 e. The summed E-state index contributed by atoms with van der Waals surface area (Å²) in [5, 5.41) is 16.0. The lowest BCUT2D eigenvalue weighted by Crippen LogP contribution is -2.04. The van der Waals surface area contributed by atoms with E-state index in [1.165, 1.54) is 18.2 Å². The molecule has 0 saturated carbocycles. The van der Waals surface area contributed by atoms with Crippen molar-refractivity contribution in [2.24, 2.45) is 20.5 Å². The molecule has 1 heterocycles. The molecule has 8 heteroatoms. The highest BCUT2D eigenvalue weighted by atomic mass is 19.4. The highest BCUT2D eigenvalue weighted by molar-refractivity contribution is 5.46. The van der Waals surface area contributed by atoms with Gasteiger partial charge in [0.05, 0.1) is 16.9 Å². The fourth-order valence-corrected chi connectivity index (χ4v) is 2.23. The molecule has 0 radical (unpaired) electrons. The van der Waals surface area contributed by atoms with Crippen LogP contribution in [0.5, 0.6) is 0 Å². The van der Waals surface area contributed by atoms with Crippen molar-refractivity contribution in [2.45, 2.75) is 12.3 Å². The smallest absolute Gasteiger partial charge is 0.265 e. The van der Waals surface area contributed by atoms with Gasteiger partial charge >= 0.3 is 6.18 Å². The Morgan fingerprint density at radius 2 is 1.37 bits per heavy atom. The molecular weight excluding hydrogens is 355 g/mol. The Bertz CT molecular complexity index is 925. The molecule has 3 rings (SSSR count). The lowest BCUT2D eigenvalue weighted by molar-refractivity contribution is -0.137. The molecule has 136 valence electrons. The molecule has 1 unspecified atom stereocenters. The third kappa shape index (κ3) is 5.04. The summed E-state index contributed by atoms with van der Waals surface area (Å²) >= 11 is 0. The van der Waals surface area contributed by atoms with Crippen molar-refractivity contribution >= 4 is 11.4 Å². The maximum Gasteiger partial charge on any atom is 0.418 e. The van der Waals surface area contributed by atoms with Crippen LogP contribution < -0.4 is 0 Å². The summed E-state index contributed by atoms with van der Waals surface area (Å²) in [7, 11) is 0. The molecule has 0 spiro atoms. The lowest BCUT2D eigenvalue weighted by Gasteiger charge is -2.09. The first-order chi connectivity index (χ1) is 13.0. The van der Waals surface area contributed by atoms with Gasteiger partial charge in [0.25, 0.3) is 0 Å². The summed E-state index contributed by atoms with van der Waals surface area (Å²) in [5.74, 6) is 0. The maximum absolute atomic E-state index is 13.1. The Hall–Kier alpha value is -3.42. The van der Waals surface area contributed by atoms with Gasteiger partial charge in [-0.1, -0.05) is 42.5 Å². The Morgan fingerprint density at radius 1 is 0.741 bits per heavy atom. The third-order valence-corrected chi connectivity index (χ3v) is 3.53. The van der Waals surface area contributed by atoms with Gasteiger partial charge in [0.2, 0.25) is 6.17 Å². The molecule has 3 aromatic rings. The van der Waals surface area contributed by atoms with Crippen molar-refractivity contribution in [3.05, 3.63) is 90.3 Å². The zero-order chi connectivity index (χ0) is 19.1. The first-order valence-corrected chi connectivity index (χ1v) is 7.97. The molecule has 0 fully saturated rings. The van der Waals surface area contributed by atoms with Crippen LogP contribution in [0.25, 0.3) is 0 Å². The van der Waals surface area contributed by atoms with Crippen LogP contribution in [0.3, 0.4) is 0 Å². The average molecular weight is 369 g/mol. The monoisotopic (exact) mass is 369 g/mol. The van der Waals surface area contributed by atoms with E-state index in [0.717, 1.165) is 6.07 Å². The molecule has 0 amide bonds. The quantitative estimate of drug-likeness (QED) is 0.463. The van der Waals surface area contributed by atoms with E-state index in [2.05, 4.69) is 25.4 Å². The normalized spacial score (nSPS) is 13.3. The topological polar surface area (TPSA) is 62.3 Å². The van der Waals surface area contributed by atoms with Gasteiger partial charge < -0.3 is 0 Å². The Kier molecular flexibility index (Phi) is 5.65. The average Bonchev–Trinajstić information content (AvgIpc) is 2.69. The van der Waals surface area contributed by atoms with Crippen LogP contribution in [0.4, 0.5) is 24.5 Å². The summed E-state index contributed by atoms with van der Waals surface area (Å²) < 4.78 is 39.3. The number of nitrogens with zero attached hydrogens (tertiary/aromatic N) is 5. The maximum atomic E-state index is 13.1. The van der Waals surface area contributed by atoms with Crippen LogP contribution in [0.2, 0.25) is 0 Å². The molecule has 27 heavy (non-hydrogen) atoms. The molecule has 0 aliphatic rings. The van der Waals surface area contributed by atoms with Gasteiger partial charge in [-0.05, 0) is 24.3 Å². The van der Waals surface area contributed by atoms with E-state index < -0.39 is 17.9 Å². The number of benzene rings is 2. The number of azo groups is 2. The number of rotatable bonds is 5. The van der Waals surface area contributed by atoms with Crippen molar-refractivity contribution in [3.8, 4) is 0 Å². The zero-order valence-corrected chi connectivity index (χ0v) is 14.0. The molecule has 0 aliphatic heterocycles. The van der Waals surface area contributed by atoms with Crippen molar-refractivity contribution < 1.29 is 13.2 Å². The molecule has 2 aromatic carbocycles. The van der Waals surface area contributed by atoms with E-state index in [1.807, 2.05) is 6.07 Å². The third-order valence-electron chi connectivity index (χ3n) is 3.53. The first kappa shape index (κ1) is 18.4. The fourth-order valence-electron chi connectivity index (χ4n) is 2.23. The number of alkyl halides is 3. The second-order valence-corrected chi connectivity index (χ2v) is 5.44. The van der Waals surface area contributed by atoms with Crippen LogP contribution in [0.15, 0.2) is 99.6 Å². The molecule has 1 atom stereocenters. The summed E-state index contributed by atoms with van der Waals surface area (Å²) in [6.07, 6.45) is -2.27. The van der Waals surface area contributed by atoms with Crippen molar-refractivity contribution in [2.75, 3.05) is 0 Å². The lowest BCUT2D eigenvalue weighted by atomic mass is 10.2. The standard InChI is InChI=1S/C19H14F3N5/c20-19(21,22)16-8-4-5-9-17(16)25-27-18(14-6-2-1-3-7-14)26-24-15-10-12-23-13-11-15/h1-13,18H. The van der Waals surface area contributed by atoms with Crippen molar-refractivity contribution in [1.29, 1.82) is 0 Å². The van der Waals surface area contributed by atoms with Gasteiger partial charge in [-0.2, -0.15) is 33.6 Å². The van der Waals surface area contributed by atoms with Crippen LogP contribution in [-0.2, 0) is 6.18 Å². The van der Waals surface area contributed by atoms with Crippen molar-refractivity contribution in [3.63, 3.8) is 0 Å². The van der Waals surface area contributed by atoms with E-state index in [9.17, 15) is 13.2 Å². The number of hydrogen-bond acceptors (Lipinski definition) is 5. The minimum absolute atomic E-state index is 0.273. The van der Waals surface area contributed by atoms with E-state index in [4.69, 9.17) is 0 Å². The second-order valence-electron chi connectivity index (χ2n) is 5.44. The minimum Gasteiger partial charge on any atom is -0.265 e. The summed E-state index contributed by atoms with van der Waals surface area (Å²) in [4.78, 5) is 3.89. The van der Waals surface area contributed by atoms with Crippen LogP contribution in [-0.4, -0.2) is 4.98 Å². The molecule has 1 aromatic heterocycles. The predicted octanol–water partition coefficient (Wildman–Crippen LogP) is 6.67. The van der Waals surface area contributed by atoms with E-state index in [1.54, 1.807) is 48.8 Å². The number of aromatic nitrogens is 1. The van der Waals surface area contributed by atoms with Crippen molar-refractivity contribution in [1.82, 2.24) is 4.98 Å². The molecule has 5 nitrogen and oxygen atoms in total. The summed E-state index contributed by atoms with van der Waals surface area (Å²) in [5.41, 5.74) is 0.0806. The van der Waals surface area contributed by atoms with Crippen LogP contribution in [0.1, 0.15) is 17.3 Å². The second kappa shape index (κ2) is 8.31. The SMILES string of the molecule is FC(F)(F)c1ccccc1N=NC(N=Nc1ccncc1)c1ccccc1. The summed E-state index contributed by atoms with van der Waals surface area (Å²) in [6.45, 7) is 0. The highest BCUT2D eigenvalue weighted by Gasteiger charge is 2.33. The number of hydrogen-bond donors (Lipinski definition) is 0. The first-order valence-electron chi connectivity index (χ1n) is 7.97. The van der Waals surface area contributed by atoms with Gasteiger partial charge in [0.1, 0.15) is 0 Å². The molecule has 0 N–H and O–H groups in total. The summed E-state index contributed by atoms with van der Waals surface area (Å²) in [6, 6.07) is 17.2. The van der Waals surface area contributed by atoms with Crippen LogP contribution in [0, 0.1) is 0 Å². The van der Waals surface area contributed by atoms with Crippen LogP contribution >= 0.6 is 0 Å². The number of pyridine rings is 1. The molecule has 0 bridgehead atoms. The van der Waals surface area contributed by atoms with Gasteiger partial charge in [0, 0.05) is 18.0 Å². The van der Waals surface area contributed by atoms with Gasteiger partial charge in [0.15, 0.2) is 0 Å². The van der Waals surface area contributed by atoms with E-state index >= 15 is 0 Å². The minimum atomic E-state index is -4.52. The molecule has 0 aliphatic carbocycles. The molecular formula is C19H14F3N5. The molecule has 0 saturated heterocycles. The Balaban J connectivity index is 1.93. The van der Waals surface area contributed by atoms with E-state index in [-0.39, 0.29) is 5.69 Å². The zero-order valence-electron chi connectivity index (χ0n) is 14.0.